The number of hydrogen-bond acceptors (Lipinski definition) is 4. The topological polar surface area (TPSA) is 86.7 Å². The Morgan fingerprint density at radius 1 is 1.48 bits per heavy atom. The Bertz CT molecular complexity index is 683. The number of carboxylic acid groups (broad SMARTS) is 1. The van der Waals surface area contributed by atoms with Crippen molar-refractivity contribution in [3.63, 3.8) is 0 Å². The molecule has 0 amide bonds. The lowest BCUT2D eigenvalue weighted by Crippen LogP contribution is -2.43. The second-order valence-corrected chi connectivity index (χ2v) is 7.78. The fraction of sp³-hybridized carbons (Fsp3) is 0.500. The number of nitrogens with one attached hydrogen (secondary N) is 1. The highest BCUT2D eigenvalue weighted by atomic mass is 35.5. The quantitative estimate of drug-likeness (QED) is 0.799. The Morgan fingerprint density at radius 2 is 2.22 bits per heavy atom. The van der Waals surface area contributed by atoms with Crippen LogP contribution in [0.5, 0.6) is 0 Å². The summed E-state index contributed by atoms with van der Waals surface area (Å²) in [7, 11) is -3.87. The van der Waals surface area contributed by atoms with Gasteiger partial charge in [-0.3, -0.25) is 4.79 Å². The van der Waals surface area contributed by atoms with Crippen LogP contribution in [0, 0.1) is 11.7 Å². The van der Waals surface area contributed by atoms with Gasteiger partial charge in [0.2, 0.25) is 10.0 Å². The van der Waals surface area contributed by atoms with Crippen LogP contribution in [0.15, 0.2) is 23.1 Å². The third-order valence-corrected chi connectivity index (χ3v) is 6.05. The Hall–Kier alpha value is -1.22. The first-order chi connectivity index (χ1) is 10.8. The number of nitrogens with zero attached hydrogens (tertiary/aromatic N) is 1. The Kier molecular flexibility index (Phi) is 5.96. The minimum atomic E-state index is -3.87. The van der Waals surface area contributed by atoms with Crippen LogP contribution in [0.1, 0.15) is 12.8 Å². The third kappa shape index (κ3) is 4.63. The van der Waals surface area contributed by atoms with Gasteiger partial charge in [-0.1, -0.05) is 11.6 Å². The van der Waals surface area contributed by atoms with Gasteiger partial charge in [0.15, 0.2) is 0 Å². The number of rotatable bonds is 6. The minimum Gasteiger partial charge on any atom is -0.480 e. The average molecular weight is 365 g/mol. The Balaban J connectivity index is 2.10. The van der Waals surface area contributed by atoms with Gasteiger partial charge in [0.25, 0.3) is 0 Å². The molecule has 1 heterocycles. The van der Waals surface area contributed by atoms with Crippen molar-refractivity contribution < 1.29 is 22.7 Å². The van der Waals surface area contributed by atoms with Crippen molar-refractivity contribution in [3.8, 4) is 0 Å². The van der Waals surface area contributed by atoms with Gasteiger partial charge in [0, 0.05) is 13.1 Å². The minimum absolute atomic E-state index is 0.00482. The van der Waals surface area contributed by atoms with Crippen molar-refractivity contribution in [2.24, 2.45) is 5.92 Å². The average Bonchev–Trinajstić information content (AvgIpc) is 2.49. The largest absolute Gasteiger partial charge is 0.480 e. The number of halogens is 2. The molecule has 2 N–H and O–H groups in total. The number of benzene rings is 1. The van der Waals surface area contributed by atoms with Gasteiger partial charge in [-0.15, -0.1) is 0 Å². The fourth-order valence-corrected chi connectivity index (χ4v) is 4.65. The number of aliphatic carboxylic acids is 1. The molecule has 0 spiro atoms. The lowest BCUT2D eigenvalue weighted by Gasteiger charge is -2.32. The van der Waals surface area contributed by atoms with E-state index in [1.165, 1.54) is 10.4 Å². The van der Waals surface area contributed by atoms with Crippen molar-refractivity contribution >= 4 is 27.6 Å². The summed E-state index contributed by atoms with van der Waals surface area (Å²) in [6.45, 7) is 0.834. The zero-order valence-corrected chi connectivity index (χ0v) is 13.9. The second-order valence-electron chi connectivity index (χ2n) is 5.47. The molecule has 0 radical (unpaired) electrons. The van der Waals surface area contributed by atoms with E-state index in [2.05, 4.69) is 5.32 Å². The molecule has 1 atom stereocenters. The van der Waals surface area contributed by atoms with Gasteiger partial charge < -0.3 is 10.4 Å². The van der Waals surface area contributed by atoms with Gasteiger partial charge in [-0.25, -0.2) is 12.8 Å². The smallest absolute Gasteiger partial charge is 0.317 e. The first-order valence-electron chi connectivity index (χ1n) is 7.18. The fourth-order valence-electron chi connectivity index (χ4n) is 2.61. The molecule has 128 valence electrons. The predicted octanol–water partition coefficient (Wildman–Crippen LogP) is 1.55. The van der Waals surface area contributed by atoms with E-state index in [4.69, 9.17) is 16.7 Å². The molecule has 1 aromatic carbocycles. The number of sulfonamides is 1. The van der Waals surface area contributed by atoms with Crippen molar-refractivity contribution in [2.45, 2.75) is 17.7 Å². The van der Waals surface area contributed by atoms with Crippen LogP contribution in [0.2, 0.25) is 5.02 Å². The van der Waals surface area contributed by atoms with Crippen LogP contribution in [-0.4, -0.2) is 50.0 Å². The van der Waals surface area contributed by atoms with E-state index in [-0.39, 0.29) is 28.9 Å². The molecule has 6 nitrogen and oxygen atoms in total. The predicted molar refractivity (Wildman–Crippen MR) is 83.4 cm³/mol. The van der Waals surface area contributed by atoms with Crippen molar-refractivity contribution in [3.05, 3.63) is 29.0 Å². The van der Waals surface area contributed by atoms with Crippen molar-refractivity contribution in [2.75, 3.05) is 26.2 Å². The molecule has 9 heteroatoms. The summed E-state index contributed by atoms with van der Waals surface area (Å²) in [5.74, 6) is -1.62. The maximum atomic E-state index is 13.4. The summed E-state index contributed by atoms with van der Waals surface area (Å²) in [5.41, 5.74) is 0. The molecule has 0 aliphatic carbocycles. The molecule has 1 unspecified atom stereocenters. The van der Waals surface area contributed by atoms with Crippen LogP contribution >= 0.6 is 11.6 Å². The molecule has 0 bridgehead atoms. The third-order valence-electron chi connectivity index (χ3n) is 3.70. The summed E-state index contributed by atoms with van der Waals surface area (Å²) < 4.78 is 39.9. The number of piperidine rings is 1. The van der Waals surface area contributed by atoms with Crippen LogP contribution in [-0.2, 0) is 14.8 Å². The number of carboxylic acids is 1. The summed E-state index contributed by atoms with van der Waals surface area (Å²) >= 11 is 5.90. The molecule has 1 fully saturated rings. The van der Waals surface area contributed by atoms with Gasteiger partial charge in [0.05, 0.1) is 11.6 Å². The van der Waals surface area contributed by atoms with E-state index in [0.717, 1.165) is 18.6 Å². The highest BCUT2D eigenvalue weighted by Crippen LogP contribution is 2.28. The SMILES string of the molecule is O=C(O)CNCC1CCCN(S(=O)(=O)c2cc(F)ccc2Cl)C1. The van der Waals surface area contributed by atoms with Crippen molar-refractivity contribution in [1.29, 1.82) is 0 Å². The van der Waals surface area contributed by atoms with Crippen LogP contribution in [0.25, 0.3) is 0 Å². The molecule has 1 aromatic rings. The molecule has 23 heavy (non-hydrogen) atoms. The molecule has 1 aliphatic heterocycles. The van der Waals surface area contributed by atoms with E-state index >= 15 is 0 Å². The zero-order valence-electron chi connectivity index (χ0n) is 12.3. The van der Waals surface area contributed by atoms with Crippen LogP contribution in [0.4, 0.5) is 4.39 Å². The Labute approximate surface area is 139 Å². The molecular weight excluding hydrogens is 347 g/mol. The normalized spacial score (nSPS) is 19.7. The summed E-state index contributed by atoms with van der Waals surface area (Å²) in [6, 6.07) is 3.25. The van der Waals surface area contributed by atoms with Crippen LogP contribution in [0.3, 0.4) is 0 Å². The summed E-state index contributed by atoms with van der Waals surface area (Å²) in [5, 5.41) is 11.4. The highest BCUT2D eigenvalue weighted by Gasteiger charge is 2.31. The summed E-state index contributed by atoms with van der Waals surface area (Å²) in [4.78, 5) is 10.3. The standard InChI is InChI=1S/C14H18ClFN2O4S/c15-12-4-3-11(16)6-13(12)23(21,22)18-5-1-2-10(9-18)7-17-8-14(19)20/h3-4,6,10,17H,1-2,5,7-9H2,(H,19,20). The van der Waals surface area contributed by atoms with E-state index in [0.29, 0.717) is 19.5 Å². The molecular formula is C14H18ClFN2O4S. The maximum absolute atomic E-state index is 13.4. The van der Waals surface area contributed by atoms with Gasteiger partial charge >= 0.3 is 5.97 Å². The second kappa shape index (κ2) is 7.57. The molecule has 1 aliphatic rings. The van der Waals surface area contributed by atoms with E-state index < -0.39 is 21.8 Å². The van der Waals surface area contributed by atoms with E-state index in [9.17, 15) is 17.6 Å². The molecule has 0 saturated carbocycles. The van der Waals surface area contributed by atoms with Crippen molar-refractivity contribution in [1.82, 2.24) is 9.62 Å². The lowest BCUT2D eigenvalue weighted by atomic mass is 10.00. The van der Waals surface area contributed by atoms with Crippen LogP contribution < -0.4 is 5.32 Å². The summed E-state index contributed by atoms with van der Waals surface area (Å²) in [6.07, 6.45) is 1.46. The monoisotopic (exact) mass is 364 g/mol. The van der Waals surface area contributed by atoms with E-state index in [1.54, 1.807) is 0 Å². The van der Waals surface area contributed by atoms with E-state index in [1.807, 2.05) is 0 Å². The first kappa shape index (κ1) is 18.1. The maximum Gasteiger partial charge on any atom is 0.317 e. The molecule has 2 rings (SSSR count). The molecule has 0 aromatic heterocycles. The van der Waals surface area contributed by atoms with Gasteiger partial charge in [0.1, 0.15) is 10.7 Å². The number of carbonyl (C=O) groups is 1. The first-order valence-corrected chi connectivity index (χ1v) is 9.00. The molecule has 1 saturated heterocycles. The van der Waals surface area contributed by atoms with Gasteiger partial charge in [-0.2, -0.15) is 4.31 Å². The lowest BCUT2D eigenvalue weighted by molar-refractivity contribution is -0.136. The zero-order chi connectivity index (χ0) is 17.0. The Morgan fingerprint density at radius 3 is 2.91 bits per heavy atom. The van der Waals surface area contributed by atoms with Gasteiger partial charge in [-0.05, 0) is 43.5 Å². The highest BCUT2D eigenvalue weighted by molar-refractivity contribution is 7.89. The number of hydrogen-bond donors (Lipinski definition) is 2.